The highest BCUT2D eigenvalue weighted by Gasteiger charge is 2.41. The third kappa shape index (κ3) is 2.66. The van der Waals surface area contributed by atoms with Crippen LogP contribution in [0.5, 0.6) is 0 Å². The van der Waals surface area contributed by atoms with Gasteiger partial charge in [0.25, 0.3) is 5.56 Å². The van der Waals surface area contributed by atoms with Crippen LogP contribution >= 0.6 is 0 Å². The van der Waals surface area contributed by atoms with Crippen LogP contribution in [0.3, 0.4) is 0 Å². The average Bonchev–Trinajstić information content (AvgIpc) is 2.47. The third-order valence-corrected chi connectivity index (χ3v) is 4.23. The predicted octanol–water partition coefficient (Wildman–Crippen LogP) is 3.69. The predicted molar refractivity (Wildman–Crippen MR) is 73.1 cm³/mol. The van der Waals surface area contributed by atoms with E-state index >= 15 is 0 Å². The maximum atomic E-state index is 12.7. The van der Waals surface area contributed by atoms with Gasteiger partial charge in [0, 0.05) is 5.39 Å². The molecule has 0 saturated heterocycles. The van der Waals surface area contributed by atoms with Crippen molar-refractivity contribution in [3.8, 4) is 0 Å². The molecule has 2 aromatic rings. The third-order valence-electron chi connectivity index (χ3n) is 4.23. The molecule has 1 aromatic carbocycles. The SMILES string of the molecule is O=c1c2ccccc2cnn1C1CCC(C(F)(F)F)CC1. The van der Waals surface area contributed by atoms with Gasteiger partial charge >= 0.3 is 6.18 Å². The molecule has 1 fully saturated rings. The lowest BCUT2D eigenvalue weighted by molar-refractivity contribution is -0.183. The maximum absolute atomic E-state index is 12.7. The Labute approximate surface area is 119 Å². The van der Waals surface area contributed by atoms with Crippen LogP contribution in [0, 0.1) is 5.92 Å². The molecule has 1 aliphatic carbocycles. The van der Waals surface area contributed by atoms with Gasteiger partial charge in [-0.1, -0.05) is 18.2 Å². The Balaban J connectivity index is 1.86. The lowest BCUT2D eigenvalue weighted by Gasteiger charge is -2.30. The topological polar surface area (TPSA) is 34.9 Å². The molecule has 112 valence electrons. The van der Waals surface area contributed by atoms with Crippen molar-refractivity contribution >= 4 is 10.8 Å². The smallest absolute Gasteiger partial charge is 0.267 e. The molecule has 21 heavy (non-hydrogen) atoms. The molecule has 0 spiro atoms. The first-order valence-corrected chi connectivity index (χ1v) is 7.00. The summed E-state index contributed by atoms with van der Waals surface area (Å²) in [5.41, 5.74) is -0.219. The first-order chi connectivity index (χ1) is 9.97. The number of halogens is 3. The summed E-state index contributed by atoms with van der Waals surface area (Å²) in [7, 11) is 0. The summed E-state index contributed by atoms with van der Waals surface area (Å²) in [6.45, 7) is 0. The Kier molecular flexibility index (Phi) is 3.47. The number of hydrogen-bond donors (Lipinski definition) is 0. The van der Waals surface area contributed by atoms with Gasteiger partial charge in [-0.05, 0) is 31.7 Å². The lowest BCUT2D eigenvalue weighted by atomic mass is 9.85. The van der Waals surface area contributed by atoms with Gasteiger partial charge in [0.1, 0.15) is 0 Å². The molecule has 6 heteroatoms. The van der Waals surface area contributed by atoms with Crippen molar-refractivity contribution in [1.29, 1.82) is 0 Å². The average molecular weight is 296 g/mol. The summed E-state index contributed by atoms with van der Waals surface area (Å²) in [5, 5.41) is 5.45. The monoisotopic (exact) mass is 296 g/mol. The van der Waals surface area contributed by atoms with Gasteiger partial charge in [0.15, 0.2) is 0 Å². The van der Waals surface area contributed by atoms with E-state index in [1.807, 2.05) is 6.07 Å². The van der Waals surface area contributed by atoms with Crippen LogP contribution in [-0.4, -0.2) is 16.0 Å². The molecule has 0 atom stereocenters. The second-order valence-electron chi connectivity index (χ2n) is 5.53. The van der Waals surface area contributed by atoms with E-state index < -0.39 is 12.1 Å². The molecule has 0 aliphatic heterocycles. The Morgan fingerprint density at radius 2 is 1.76 bits per heavy atom. The van der Waals surface area contributed by atoms with E-state index in [4.69, 9.17) is 0 Å². The van der Waals surface area contributed by atoms with E-state index in [0.717, 1.165) is 5.39 Å². The molecule has 1 aliphatic rings. The molecule has 0 radical (unpaired) electrons. The van der Waals surface area contributed by atoms with Crippen LogP contribution in [0.2, 0.25) is 0 Å². The van der Waals surface area contributed by atoms with Crippen molar-refractivity contribution in [2.75, 3.05) is 0 Å². The zero-order valence-corrected chi connectivity index (χ0v) is 11.3. The van der Waals surface area contributed by atoms with Gasteiger partial charge in [0.05, 0.1) is 23.5 Å². The molecule has 3 rings (SSSR count). The van der Waals surface area contributed by atoms with E-state index in [9.17, 15) is 18.0 Å². The summed E-state index contributed by atoms with van der Waals surface area (Å²) in [4.78, 5) is 12.4. The Morgan fingerprint density at radius 3 is 2.43 bits per heavy atom. The quantitative estimate of drug-likeness (QED) is 0.804. The van der Waals surface area contributed by atoms with Gasteiger partial charge in [-0.15, -0.1) is 0 Å². The lowest BCUT2D eigenvalue weighted by Crippen LogP contribution is -2.33. The van der Waals surface area contributed by atoms with Crippen LogP contribution in [0.25, 0.3) is 10.8 Å². The summed E-state index contributed by atoms with van der Waals surface area (Å²) in [6, 6.07) is 6.88. The van der Waals surface area contributed by atoms with Crippen LogP contribution in [0.15, 0.2) is 35.3 Å². The van der Waals surface area contributed by atoms with Crippen LogP contribution in [0.1, 0.15) is 31.7 Å². The van der Waals surface area contributed by atoms with Crippen molar-refractivity contribution in [2.45, 2.75) is 37.9 Å². The summed E-state index contributed by atoms with van der Waals surface area (Å²) in [6.07, 6.45) is -1.71. The van der Waals surface area contributed by atoms with Crippen LogP contribution < -0.4 is 5.56 Å². The summed E-state index contributed by atoms with van der Waals surface area (Å²) in [5.74, 6) is -1.25. The van der Waals surface area contributed by atoms with E-state index in [1.165, 1.54) is 4.68 Å². The number of fused-ring (bicyclic) bond motifs is 1. The summed E-state index contributed by atoms with van der Waals surface area (Å²) >= 11 is 0. The Hall–Kier alpha value is -1.85. The minimum atomic E-state index is -4.13. The normalized spacial score (nSPS) is 23.4. The van der Waals surface area contributed by atoms with Crippen molar-refractivity contribution in [3.63, 3.8) is 0 Å². The molecule has 3 nitrogen and oxygen atoms in total. The van der Waals surface area contributed by atoms with Crippen LogP contribution in [0.4, 0.5) is 13.2 Å². The summed E-state index contributed by atoms with van der Waals surface area (Å²) < 4.78 is 39.4. The molecule has 1 heterocycles. The van der Waals surface area contributed by atoms with E-state index in [1.54, 1.807) is 24.4 Å². The van der Waals surface area contributed by atoms with Gasteiger partial charge in [-0.25, -0.2) is 4.68 Å². The van der Waals surface area contributed by atoms with E-state index in [2.05, 4.69) is 5.10 Å². The molecular formula is C15H15F3N2O. The molecular weight excluding hydrogens is 281 g/mol. The molecule has 1 saturated carbocycles. The first-order valence-electron chi connectivity index (χ1n) is 7.00. The van der Waals surface area contributed by atoms with Gasteiger partial charge in [-0.2, -0.15) is 18.3 Å². The fourth-order valence-electron chi connectivity index (χ4n) is 3.01. The molecule has 0 amide bonds. The highest BCUT2D eigenvalue weighted by Crippen LogP contribution is 2.40. The largest absolute Gasteiger partial charge is 0.391 e. The zero-order valence-electron chi connectivity index (χ0n) is 11.3. The van der Waals surface area contributed by atoms with Crippen molar-refractivity contribution < 1.29 is 13.2 Å². The fourth-order valence-corrected chi connectivity index (χ4v) is 3.01. The van der Waals surface area contributed by atoms with Crippen LogP contribution in [-0.2, 0) is 0 Å². The number of aromatic nitrogens is 2. The standard InChI is InChI=1S/C15H15F3N2O/c16-15(17,18)11-5-7-12(8-6-11)20-14(21)13-4-2-1-3-10(13)9-19-20/h1-4,9,11-12H,5-8H2. The highest BCUT2D eigenvalue weighted by molar-refractivity contribution is 5.80. The number of alkyl halides is 3. The second kappa shape index (κ2) is 5.16. The fraction of sp³-hybridized carbons (Fsp3) is 0.467. The van der Waals surface area contributed by atoms with E-state index in [-0.39, 0.29) is 24.4 Å². The number of hydrogen-bond acceptors (Lipinski definition) is 2. The van der Waals surface area contributed by atoms with Gasteiger partial charge in [-0.3, -0.25) is 4.79 Å². The maximum Gasteiger partial charge on any atom is 0.391 e. The second-order valence-corrected chi connectivity index (χ2v) is 5.53. The van der Waals surface area contributed by atoms with Crippen molar-refractivity contribution in [2.24, 2.45) is 5.92 Å². The van der Waals surface area contributed by atoms with E-state index in [0.29, 0.717) is 18.2 Å². The number of benzene rings is 1. The highest BCUT2D eigenvalue weighted by atomic mass is 19.4. The molecule has 0 bridgehead atoms. The first kappa shape index (κ1) is 14.1. The van der Waals surface area contributed by atoms with Crippen molar-refractivity contribution in [1.82, 2.24) is 9.78 Å². The molecule has 1 aromatic heterocycles. The number of rotatable bonds is 1. The molecule has 0 unspecified atom stereocenters. The van der Waals surface area contributed by atoms with Crippen molar-refractivity contribution in [3.05, 3.63) is 40.8 Å². The van der Waals surface area contributed by atoms with Gasteiger partial charge in [0.2, 0.25) is 0 Å². The zero-order chi connectivity index (χ0) is 15.0. The Morgan fingerprint density at radius 1 is 1.10 bits per heavy atom. The molecule has 0 N–H and O–H groups in total. The Bertz CT molecular complexity index is 700. The number of nitrogens with zero attached hydrogens (tertiary/aromatic N) is 2. The minimum absolute atomic E-state index is 0.0646. The minimum Gasteiger partial charge on any atom is -0.267 e. The van der Waals surface area contributed by atoms with Gasteiger partial charge < -0.3 is 0 Å².